The SMILES string of the molecule is CCSc1ccc([C@@H]2CCCN2C)cn1. The summed E-state index contributed by atoms with van der Waals surface area (Å²) in [4.78, 5) is 6.90. The highest BCUT2D eigenvalue weighted by atomic mass is 32.2. The van der Waals surface area contributed by atoms with Crippen LogP contribution in [-0.4, -0.2) is 29.2 Å². The maximum Gasteiger partial charge on any atom is 0.0959 e. The molecule has 1 aromatic rings. The molecule has 0 saturated carbocycles. The molecule has 0 aliphatic carbocycles. The average molecular weight is 222 g/mol. The number of thioether (sulfide) groups is 1. The molecule has 3 heteroatoms. The van der Waals surface area contributed by atoms with Gasteiger partial charge in [-0.1, -0.05) is 13.0 Å². The Hall–Kier alpha value is -0.540. The first-order chi connectivity index (χ1) is 7.31. The fourth-order valence-electron chi connectivity index (χ4n) is 2.15. The van der Waals surface area contributed by atoms with Crippen LogP contribution < -0.4 is 0 Å². The van der Waals surface area contributed by atoms with Crippen LogP contribution in [0.1, 0.15) is 31.4 Å². The number of rotatable bonds is 3. The van der Waals surface area contributed by atoms with Crippen molar-refractivity contribution in [3.8, 4) is 0 Å². The lowest BCUT2D eigenvalue weighted by Crippen LogP contribution is -2.17. The van der Waals surface area contributed by atoms with Crippen molar-refractivity contribution in [1.29, 1.82) is 0 Å². The standard InChI is InChI=1S/C12H18N2S/c1-3-15-12-7-6-10(9-13-12)11-5-4-8-14(11)2/h6-7,9,11H,3-5,8H2,1-2H3/t11-/m0/s1. The van der Waals surface area contributed by atoms with Crippen molar-refractivity contribution in [2.45, 2.75) is 30.8 Å². The molecule has 1 saturated heterocycles. The minimum absolute atomic E-state index is 0.596. The van der Waals surface area contributed by atoms with Crippen molar-refractivity contribution >= 4 is 11.8 Å². The van der Waals surface area contributed by atoms with Gasteiger partial charge in [0, 0.05) is 12.2 Å². The van der Waals surface area contributed by atoms with Gasteiger partial charge in [-0.15, -0.1) is 11.8 Å². The molecule has 1 atom stereocenters. The molecule has 2 heterocycles. The summed E-state index contributed by atoms with van der Waals surface area (Å²) in [6.45, 7) is 3.38. The molecule has 0 radical (unpaired) electrons. The fraction of sp³-hybridized carbons (Fsp3) is 0.583. The zero-order valence-electron chi connectivity index (χ0n) is 9.44. The second-order valence-corrected chi connectivity index (χ2v) is 5.29. The van der Waals surface area contributed by atoms with E-state index in [0.717, 1.165) is 10.8 Å². The van der Waals surface area contributed by atoms with E-state index < -0.39 is 0 Å². The normalized spacial score (nSPS) is 22.1. The Morgan fingerprint density at radius 1 is 1.53 bits per heavy atom. The van der Waals surface area contributed by atoms with Crippen LogP contribution in [0.15, 0.2) is 23.4 Å². The highest BCUT2D eigenvalue weighted by Crippen LogP contribution is 2.30. The number of pyridine rings is 1. The monoisotopic (exact) mass is 222 g/mol. The number of hydrogen-bond donors (Lipinski definition) is 0. The van der Waals surface area contributed by atoms with E-state index in [1.165, 1.54) is 24.9 Å². The van der Waals surface area contributed by atoms with Gasteiger partial charge in [0.05, 0.1) is 5.03 Å². The molecule has 0 bridgehead atoms. The van der Waals surface area contributed by atoms with Crippen LogP contribution in [0.4, 0.5) is 0 Å². The van der Waals surface area contributed by atoms with Gasteiger partial charge in [-0.05, 0) is 43.8 Å². The molecular weight excluding hydrogens is 204 g/mol. The Kier molecular flexibility index (Phi) is 3.65. The molecule has 0 N–H and O–H groups in total. The van der Waals surface area contributed by atoms with Gasteiger partial charge >= 0.3 is 0 Å². The fourth-order valence-corrected chi connectivity index (χ4v) is 2.74. The topological polar surface area (TPSA) is 16.1 Å². The summed E-state index contributed by atoms with van der Waals surface area (Å²) in [6, 6.07) is 4.98. The van der Waals surface area contributed by atoms with E-state index >= 15 is 0 Å². The Balaban J connectivity index is 2.09. The first kappa shape index (κ1) is 11.0. The molecule has 1 aliphatic rings. The van der Waals surface area contributed by atoms with Crippen LogP contribution in [0.2, 0.25) is 0 Å². The van der Waals surface area contributed by atoms with Crippen molar-refractivity contribution in [2.24, 2.45) is 0 Å². The van der Waals surface area contributed by atoms with Gasteiger partial charge in [0.1, 0.15) is 0 Å². The highest BCUT2D eigenvalue weighted by molar-refractivity contribution is 7.99. The molecule has 0 amide bonds. The van der Waals surface area contributed by atoms with Crippen LogP contribution >= 0.6 is 11.8 Å². The summed E-state index contributed by atoms with van der Waals surface area (Å²) in [5.41, 5.74) is 1.37. The van der Waals surface area contributed by atoms with Crippen molar-refractivity contribution < 1.29 is 0 Å². The molecular formula is C12H18N2S. The van der Waals surface area contributed by atoms with E-state index in [1.54, 1.807) is 11.8 Å². The third kappa shape index (κ3) is 2.52. The lowest BCUT2D eigenvalue weighted by atomic mass is 10.1. The van der Waals surface area contributed by atoms with Gasteiger partial charge in [0.2, 0.25) is 0 Å². The summed E-state index contributed by atoms with van der Waals surface area (Å²) in [6.07, 6.45) is 4.63. The van der Waals surface area contributed by atoms with E-state index in [-0.39, 0.29) is 0 Å². The summed E-state index contributed by atoms with van der Waals surface area (Å²) in [5.74, 6) is 1.09. The number of aromatic nitrogens is 1. The first-order valence-electron chi connectivity index (χ1n) is 5.60. The molecule has 2 nitrogen and oxygen atoms in total. The minimum atomic E-state index is 0.596. The van der Waals surface area contributed by atoms with Gasteiger partial charge in [-0.3, -0.25) is 4.90 Å². The molecule has 0 spiro atoms. The molecule has 82 valence electrons. The lowest BCUT2D eigenvalue weighted by molar-refractivity contribution is 0.317. The van der Waals surface area contributed by atoms with Gasteiger partial charge in [0.25, 0.3) is 0 Å². The Bertz CT molecular complexity index is 310. The molecule has 1 fully saturated rings. The maximum atomic E-state index is 4.48. The molecule has 0 unspecified atom stereocenters. The van der Waals surface area contributed by atoms with Gasteiger partial charge in [-0.25, -0.2) is 4.98 Å². The number of likely N-dealkylation sites (tertiary alicyclic amines) is 1. The molecule has 1 aromatic heterocycles. The van der Waals surface area contributed by atoms with Gasteiger partial charge in [0.15, 0.2) is 0 Å². The highest BCUT2D eigenvalue weighted by Gasteiger charge is 2.22. The van der Waals surface area contributed by atoms with Crippen LogP contribution in [0.5, 0.6) is 0 Å². The zero-order valence-corrected chi connectivity index (χ0v) is 10.3. The predicted octanol–water partition coefficient (Wildman–Crippen LogP) is 2.96. The molecule has 0 aromatic carbocycles. The van der Waals surface area contributed by atoms with E-state index in [4.69, 9.17) is 0 Å². The molecule has 1 aliphatic heterocycles. The lowest BCUT2D eigenvalue weighted by Gasteiger charge is -2.19. The summed E-state index contributed by atoms with van der Waals surface area (Å²) in [5, 5.41) is 1.14. The number of nitrogens with zero attached hydrogens (tertiary/aromatic N) is 2. The van der Waals surface area contributed by atoms with E-state index in [1.807, 2.05) is 6.20 Å². The Labute approximate surface area is 96.1 Å². The summed E-state index contributed by atoms with van der Waals surface area (Å²) in [7, 11) is 2.20. The Morgan fingerprint density at radius 2 is 2.40 bits per heavy atom. The van der Waals surface area contributed by atoms with Crippen LogP contribution in [0.25, 0.3) is 0 Å². The molecule has 2 rings (SSSR count). The van der Waals surface area contributed by atoms with E-state index in [2.05, 4.69) is 36.0 Å². The third-order valence-corrected chi connectivity index (χ3v) is 3.78. The minimum Gasteiger partial charge on any atom is -0.299 e. The largest absolute Gasteiger partial charge is 0.299 e. The zero-order chi connectivity index (χ0) is 10.7. The average Bonchev–Trinajstić information content (AvgIpc) is 2.66. The van der Waals surface area contributed by atoms with Gasteiger partial charge < -0.3 is 0 Å². The van der Waals surface area contributed by atoms with Crippen LogP contribution in [0.3, 0.4) is 0 Å². The smallest absolute Gasteiger partial charge is 0.0959 e. The Morgan fingerprint density at radius 3 is 2.93 bits per heavy atom. The van der Waals surface area contributed by atoms with Crippen molar-refractivity contribution in [3.63, 3.8) is 0 Å². The quantitative estimate of drug-likeness (QED) is 0.731. The maximum absolute atomic E-state index is 4.48. The van der Waals surface area contributed by atoms with E-state index in [9.17, 15) is 0 Å². The van der Waals surface area contributed by atoms with Crippen molar-refractivity contribution in [2.75, 3.05) is 19.3 Å². The second kappa shape index (κ2) is 4.99. The van der Waals surface area contributed by atoms with Crippen molar-refractivity contribution in [3.05, 3.63) is 23.9 Å². The second-order valence-electron chi connectivity index (χ2n) is 4.00. The van der Waals surface area contributed by atoms with Gasteiger partial charge in [-0.2, -0.15) is 0 Å². The van der Waals surface area contributed by atoms with Crippen LogP contribution in [0, 0.1) is 0 Å². The first-order valence-corrected chi connectivity index (χ1v) is 6.59. The van der Waals surface area contributed by atoms with Crippen LogP contribution in [-0.2, 0) is 0 Å². The molecule has 15 heavy (non-hydrogen) atoms. The van der Waals surface area contributed by atoms with E-state index in [0.29, 0.717) is 6.04 Å². The summed E-state index contributed by atoms with van der Waals surface area (Å²) >= 11 is 1.80. The third-order valence-electron chi connectivity index (χ3n) is 2.96. The summed E-state index contributed by atoms with van der Waals surface area (Å²) < 4.78 is 0. The predicted molar refractivity (Wildman–Crippen MR) is 65.2 cm³/mol. The number of hydrogen-bond acceptors (Lipinski definition) is 3. The van der Waals surface area contributed by atoms with Crippen molar-refractivity contribution in [1.82, 2.24) is 9.88 Å².